The maximum absolute atomic E-state index is 15.2. The molecule has 1 unspecified atom stereocenters. The molecule has 3 aromatic rings. The number of halogens is 3. The number of nitrogens with one attached hydrogen (secondary N) is 3. The van der Waals surface area contributed by atoms with Gasteiger partial charge < -0.3 is 25.4 Å². The molecule has 1 saturated heterocycles. The Balaban J connectivity index is 1.18. The predicted octanol–water partition coefficient (Wildman–Crippen LogP) is 5.80. The molecule has 0 saturated carbocycles. The molecular weight excluding hydrogens is 782 g/mol. The first-order valence-corrected chi connectivity index (χ1v) is 21.3. The van der Waals surface area contributed by atoms with Gasteiger partial charge in [-0.1, -0.05) is 57.5 Å². The van der Waals surface area contributed by atoms with Crippen molar-refractivity contribution in [1.82, 2.24) is 30.3 Å². The molecule has 0 bridgehead atoms. The molecule has 318 valence electrons. The van der Waals surface area contributed by atoms with Gasteiger partial charge in [-0.25, -0.2) is 13.2 Å². The monoisotopic (exact) mass is 836 g/mol. The molecule has 0 spiro atoms. The lowest BCUT2D eigenvalue weighted by Crippen LogP contribution is -2.46. The topological polar surface area (TPSA) is 133 Å². The number of carbonyl (C=O) groups excluding carboxylic acids is 5. The average molecular weight is 837 g/mol. The smallest absolute Gasteiger partial charge is 0.253 e. The average Bonchev–Trinajstić information content (AvgIpc) is 3.89. The first-order valence-electron chi connectivity index (χ1n) is 20.2. The molecule has 0 aliphatic carbocycles. The lowest BCUT2D eigenvalue weighted by molar-refractivity contribution is -0.137. The number of alkyl halides is 1. The van der Waals surface area contributed by atoms with E-state index in [9.17, 15) is 28.4 Å². The number of benzene rings is 2. The molecule has 59 heavy (non-hydrogen) atoms. The summed E-state index contributed by atoms with van der Waals surface area (Å²) in [7, 11) is 0. The van der Waals surface area contributed by atoms with Crippen LogP contribution in [-0.2, 0) is 30.5 Å². The van der Waals surface area contributed by atoms with Gasteiger partial charge in [-0.15, -0.1) is 0 Å². The summed E-state index contributed by atoms with van der Waals surface area (Å²) in [4.78, 5) is 65.3. The number of hydrogen-bond acceptors (Lipinski definition) is 7. The number of amides is 5. The maximum atomic E-state index is 15.2. The number of nitrogens with zero attached hydrogens (tertiary/aromatic N) is 3. The highest BCUT2D eigenvalue weighted by Crippen LogP contribution is 2.42. The zero-order valence-corrected chi connectivity index (χ0v) is 34.8. The van der Waals surface area contributed by atoms with Gasteiger partial charge in [-0.2, -0.15) is 11.8 Å². The predicted molar refractivity (Wildman–Crippen MR) is 223 cm³/mol. The van der Waals surface area contributed by atoms with Gasteiger partial charge in [-0.05, 0) is 48.1 Å². The largest absolute Gasteiger partial charge is 0.354 e. The Morgan fingerprint density at radius 1 is 0.915 bits per heavy atom. The molecular formula is C44H55F3N6O5S. The summed E-state index contributed by atoms with van der Waals surface area (Å²) in [6.45, 7) is 7.97. The van der Waals surface area contributed by atoms with Crippen molar-refractivity contribution in [3.8, 4) is 11.1 Å². The van der Waals surface area contributed by atoms with Crippen LogP contribution in [0, 0.1) is 23.0 Å². The molecule has 2 aliphatic heterocycles. The van der Waals surface area contributed by atoms with Crippen molar-refractivity contribution in [2.75, 3.05) is 50.8 Å². The lowest BCUT2D eigenvalue weighted by Gasteiger charge is -2.42. The first-order chi connectivity index (χ1) is 28.2. The molecule has 2 aromatic carbocycles. The third kappa shape index (κ3) is 13.0. The molecule has 3 heterocycles. The molecule has 15 heteroatoms. The minimum absolute atomic E-state index is 0.0410. The molecule has 1 fully saturated rings. The molecule has 5 amide bonds. The number of rotatable bonds is 21. The Kier molecular flexibility index (Phi) is 16.4. The van der Waals surface area contributed by atoms with Crippen molar-refractivity contribution < 1.29 is 37.1 Å². The minimum atomic E-state index is -1.15. The molecule has 2 aliphatic rings. The number of unbranched alkanes of at least 4 members (excludes halogenated alkanes) is 2. The van der Waals surface area contributed by atoms with E-state index >= 15 is 8.78 Å². The van der Waals surface area contributed by atoms with E-state index in [0.717, 1.165) is 23.8 Å². The Labute approximate surface area is 348 Å². The molecule has 3 N–H and O–H groups in total. The Hall–Kier alpha value is -4.89. The van der Waals surface area contributed by atoms with Gasteiger partial charge in [0.15, 0.2) is 0 Å². The second-order valence-electron chi connectivity index (χ2n) is 16.1. The van der Waals surface area contributed by atoms with Gasteiger partial charge in [0.05, 0.1) is 11.8 Å². The van der Waals surface area contributed by atoms with Crippen molar-refractivity contribution in [2.24, 2.45) is 11.3 Å². The van der Waals surface area contributed by atoms with Crippen LogP contribution in [-0.4, -0.2) is 101 Å². The van der Waals surface area contributed by atoms with E-state index in [4.69, 9.17) is 0 Å². The SMILES string of the molecule is CC(C)(C)[C@H](c1cc(-c2cc(F)ccc2F)cn1Cc1ccccc1)N(CC1CNC[C@@H]1F)C(=O)CSCCC(=O)NCCNC(=O)CCCCCN1C(=O)C=CC1=O. The number of thioether (sulfide) groups is 1. The molecule has 11 nitrogen and oxygen atoms in total. The highest BCUT2D eigenvalue weighted by molar-refractivity contribution is 7.99. The molecule has 0 radical (unpaired) electrons. The van der Waals surface area contributed by atoms with Crippen molar-refractivity contribution in [1.29, 1.82) is 0 Å². The number of imide groups is 1. The minimum Gasteiger partial charge on any atom is -0.354 e. The normalized spacial score (nSPS) is 17.1. The van der Waals surface area contributed by atoms with E-state index < -0.39 is 35.2 Å². The summed E-state index contributed by atoms with van der Waals surface area (Å²) in [5.41, 5.74) is 1.66. The quantitative estimate of drug-likeness (QED) is 0.0914. The van der Waals surface area contributed by atoms with Crippen LogP contribution < -0.4 is 16.0 Å². The first kappa shape index (κ1) is 45.2. The van der Waals surface area contributed by atoms with E-state index in [-0.39, 0.29) is 73.5 Å². The second-order valence-corrected chi connectivity index (χ2v) is 17.2. The summed E-state index contributed by atoms with van der Waals surface area (Å²) >= 11 is 1.30. The van der Waals surface area contributed by atoms with Crippen LogP contribution in [0.15, 0.2) is 72.9 Å². The summed E-state index contributed by atoms with van der Waals surface area (Å²) in [5, 5.41) is 8.65. The van der Waals surface area contributed by atoms with E-state index in [1.165, 1.54) is 28.8 Å². The van der Waals surface area contributed by atoms with Crippen molar-refractivity contribution >= 4 is 41.3 Å². The summed E-state index contributed by atoms with van der Waals surface area (Å²) in [5.74, 6) is -2.44. The second kappa shape index (κ2) is 21.4. The van der Waals surface area contributed by atoms with Crippen LogP contribution >= 0.6 is 11.8 Å². The van der Waals surface area contributed by atoms with Crippen LogP contribution in [0.2, 0.25) is 0 Å². The fourth-order valence-electron chi connectivity index (χ4n) is 7.47. The van der Waals surface area contributed by atoms with Gasteiger partial charge in [0.25, 0.3) is 11.8 Å². The summed E-state index contributed by atoms with van der Waals surface area (Å²) in [6, 6.07) is 14.2. The van der Waals surface area contributed by atoms with Gasteiger partial charge in [0.1, 0.15) is 17.8 Å². The maximum Gasteiger partial charge on any atom is 0.253 e. The standard InChI is InChI=1S/C44H55F3N6O5S/c1-44(2,3)43(37-22-31(34-23-33(45)13-14-35(34)46)27-51(37)26-30-10-6-4-7-11-30)53(28-32-24-48-25-36(32)47)42(58)29-59-21-17-39(55)50-19-18-49-38(54)12-8-5-9-20-52-40(56)15-16-41(52)57/h4,6-7,10-11,13-16,22-23,27,32,36,43,48H,5,8-9,12,17-21,24-26,28-29H2,1-3H3,(H,49,54)(H,50,55)/t32?,36-,43-/m0/s1. The van der Waals surface area contributed by atoms with Crippen LogP contribution in [0.4, 0.5) is 13.2 Å². The lowest BCUT2D eigenvalue weighted by atomic mass is 9.82. The molecule has 5 rings (SSSR count). The zero-order chi connectivity index (χ0) is 42.5. The summed E-state index contributed by atoms with van der Waals surface area (Å²) in [6.07, 6.45) is 5.47. The Bertz CT molecular complexity index is 1950. The number of hydrogen-bond donors (Lipinski definition) is 3. The van der Waals surface area contributed by atoms with E-state index in [1.807, 2.05) is 55.7 Å². The fourth-order valence-corrected chi connectivity index (χ4v) is 8.28. The number of carbonyl (C=O) groups is 5. The van der Waals surface area contributed by atoms with Gasteiger partial charge >= 0.3 is 0 Å². The number of aromatic nitrogens is 1. The third-order valence-electron chi connectivity index (χ3n) is 10.4. The van der Waals surface area contributed by atoms with Crippen molar-refractivity contribution in [3.63, 3.8) is 0 Å². The van der Waals surface area contributed by atoms with Crippen LogP contribution in [0.5, 0.6) is 0 Å². The van der Waals surface area contributed by atoms with Gasteiger partial charge in [-0.3, -0.25) is 28.9 Å². The van der Waals surface area contributed by atoms with Crippen molar-refractivity contribution in [2.45, 2.75) is 71.6 Å². The molecule has 1 aromatic heterocycles. The van der Waals surface area contributed by atoms with Crippen molar-refractivity contribution in [3.05, 3.63) is 95.8 Å². The van der Waals surface area contributed by atoms with Gasteiger partial charge in [0, 0.05) is 105 Å². The Morgan fingerprint density at radius 3 is 2.27 bits per heavy atom. The highest BCUT2D eigenvalue weighted by atomic mass is 32.2. The van der Waals surface area contributed by atoms with Crippen LogP contribution in [0.25, 0.3) is 11.1 Å². The van der Waals surface area contributed by atoms with Crippen LogP contribution in [0.1, 0.15) is 70.2 Å². The zero-order valence-electron chi connectivity index (χ0n) is 34.0. The molecule has 3 atom stereocenters. The van der Waals surface area contributed by atoms with E-state index in [0.29, 0.717) is 62.3 Å². The highest BCUT2D eigenvalue weighted by Gasteiger charge is 2.40. The third-order valence-corrected chi connectivity index (χ3v) is 11.4. The Morgan fingerprint density at radius 2 is 1.61 bits per heavy atom. The van der Waals surface area contributed by atoms with Crippen LogP contribution in [0.3, 0.4) is 0 Å². The summed E-state index contributed by atoms with van der Waals surface area (Å²) < 4.78 is 46.7. The van der Waals surface area contributed by atoms with E-state index in [1.54, 1.807) is 17.2 Å². The van der Waals surface area contributed by atoms with E-state index in [2.05, 4.69) is 16.0 Å². The fraction of sp³-hybridized carbons (Fsp3) is 0.477. The van der Waals surface area contributed by atoms with Gasteiger partial charge in [0.2, 0.25) is 17.7 Å².